The summed E-state index contributed by atoms with van der Waals surface area (Å²) in [6.07, 6.45) is 13.5. The van der Waals surface area contributed by atoms with Crippen molar-refractivity contribution in [3.05, 3.63) is 0 Å². The van der Waals surface area contributed by atoms with E-state index in [0.717, 1.165) is 51.6 Å². The molecule has 6 heteroatoms. The molecule has 1 aliphatic carbocycles. The van der Waals surface area contributed by atoms with E-state index in [4.69, 9.17) is 23.7 Å². The van der Waals surface area contributed by atoms with E-state index >= 15 is 0 Å². The van der Waals surface area contributed by atoms with Crippen molar-refractivity contribution in [3.8, 4) is 0 Å². The second-order valence-corrected chi connectivity index (χ2v) is 9.71. The number of unbranched alkanes of at least 4 members (excludes halogenated alkanes) is 4. The smallest absolute Gasteiger partial charge is 0.168 e. The molecule has 3 heterocycles. The summed E-state index contributed by atoms with van der Waals surface area (Å²) in [5.41, 5.74) is 0. The SMILES string of the molecule is CCCCCCCC1(CC[C@@H]2[C@H]3CC(O)O[C@H]3C[C@H]2OC2CCCCO2)OCCO1. The largest absolute Gasteiger partial charge is 0.368 e. The molecule has 6 nitrogen and oxygen atoms in total. The highest BCUT2D eigenvalue weighted by molar-refractivity contribution is 4.97. The Hall–Kier alpha value is -0.240. The summed E-state index contributed by atoms with van der Waals surface area (Å²) in [5.74, 6) is 0.299. The topological polar surface area (TPSA) is 66.4 Å². The number of ether oxygens (including phenoxy) is 5. The molecule has 3 aliphatic heterocycles. The fourth-order valence-electron chi connectivity index (χ4n) is 5.97. The van der Waals surface area contributed by atoms with E-state index in [1.165, 1.54) is 32.1 Å². The summed E-state index contributed by atoms with van der Waals surface area (Å²) in [6, 6.07) is 0. The second kappa shape index (κ2) is 11.1. The molecule has 4 aliphatic rings. The molecule has 0 bridgehead atoms. The van der Waals surface area contributed by atoms with E-state index < -0.39 is 12.1 Å². The van der Waals surface area contributed by atoms with Crippen LogP contribution in [0, 0.1) is 11.8 Å². The van der Waals surface area contributed by atoms with E-state index in [9.17, 15) is 5.11 Å². The van der Waals surface area contributed by atoms with Gasteiger partial charge in [-0.3, -0.25) is 0 Å². The fourth-order valence-corrected chi connectivity index (χ4v) is 5.97. The molecule has 0 spiro atoms. The maximum absolute atomic E-state index is 10.0. The Morgan fingerprint density at radius 3 is 2.57 bits per heavy atom. The van der Waals surface area contributed by atoms with Crippen molar-refractivity contribution < 1.29 is 28.8 Å². The van der Waals surface area contributed by atoms with Crippen LogP contribution < -0.4 is 0 Å². The summed E-state index contributed by atoms with van der Waals surface area (Å²) < 4.78 is 30.4. The summed E-state index contributed by atoms with van der Waals surface area (Å²) in [7, 11) is 0. The van der Waals surface area contributed by atoms with Crippen molar-refractivity contribution in [1.29, 1.82) is 0 Å². The molecule has 1 saturated carbocycles. The first-order valence-electron chi connectivity index (χ1n) is 12.6. The highest BCUT2D eigenvalue weighted by atomic mass is 16.7. The van der Waals surface area contributed by atoms with Gasteiger partial charge in [0.25, 0.3) is 0 Å². The van der Waals surface area contributed by atoms with Crippen LogP contribution >= 0.6 is 0 Å². The Morgan fingerprint density at radius 1 is 0.967 bits per heavy atom. The van der Waals surface area contributed by atoms with Crippen molar-refractivity contribution in [2.45, 2.75) is 121 Å². The Morgan fingerprint density at radius 2 is 1.80 bits per heavy atom. The lowest BCUT2D eigenvalue weighted by Gasteiger charge is -2.33. The molecule has 4 rings (SSSR count). The van der Waals surface area contributed by atoms with Crippen LogP contribution in [0.4, 0.5) is 0 Å². The maximum Gasteiger partial charge on any atom is 0.168 e. The number of aliphatic hydroxyl groups excluding tert-OH is 1. The molecule has 0 aromatic rings. The first-order valence-corrected chi connectivity index (χ1v) is 12.6. The molecular weight excluding hydrogens is 384 g/mol. The molecule has 0 amide bonds. The molecule has 3 saturated heterocycles. The van der Waals surface area contributed by atoms with Gasteiger partial charge in [-0.05, 0) is 43.9 Å². The minimum Gasteiger partial charge on any atom is -0.368 e. The average molecular weight is 427 g/mol. The third-order valence-electron chi connectivity index (χ3n) is 7.57. The number of aliphatic hydroxyl groups is 1. The summed E-state index contributed by atoms with van der Waals surface area (Å²) in [6.45, 7) is 4.44. The normalized spacial score (nSPS) is 38.2. The van der Waals surface area contributed by atoms with Gasteiger partial charge in [0.05, 0.1) is 25.4 Å². The molecule has 2 unspecified atom stereocenters. The van der Waals surface area contributed by atoms with Crippen LogP contribution in [0.3, 0.4) is 0 Å². The Labute approximate surface area is 181 Å². The fraction of sp³-hybridized carbons (Fsp3) is 1.00. The van der Waals surface area contributed by atoms with Gasteiger partial charge in [-0.2, -0.15) is 0 Å². The lowest BCUT2D eigenvalue weighted by Crippen LogP contribution is -2.35. The molecule has 174 valence electrons. The van der Waals surface area contributed by atoms with Crippen molar-refractivity contribution >= 4 is 0 Å². The van der Waals surface area contributed by atoms with E-state index in [-0.39, 0.29) is 18.5 Å². The van der Waals surface area contributed by atoms with Crippen LogP contribution in [0.2, 0.25) is 0 Å². The highest BCUT2D eigenvalue weighted by Crippen LogP contribution is 2.48. The van der Waals surface area contributed by atoms with Crippen LogP contribution in [-0.4, -0.2) is 55.5 Å². The molecule has 0 aromatic heterocycles. The third-order valence-corrected chi connectivity index (χ3v) is 7.57. The molecule has 6 atom stereocenters. The van der Waals surface area contributed by atoms with E-state index in [1.807, 2.05) is 0 Å². The second-order valence-electron chi connectivity index (χ2n) is 9.71. The van der Waals surface area contributed by atoms with Gasteiger partial charge in [-0.15, -0.1) is 0 Å². The summed E-state index contributed by atoms with van der Waals surface area (Å²) in [4.78, 5) is 0. The monoisotopic (exact) mass is 426 g/mol. The van der Waals surface area contributed by atoms with Crippen LogP contribution in [0.25, 0.3) is 0 Å². The van der Waals surface area contributed by atoms with Gasteiger partial charge < -0.3 is 28.8 Å². The highest BCUT2D eigenvalue weighted by Gasteiger charge is 2.51. The first kappa shape index (κ1) is 22.9. The minimum absolute atomic E-state index is 0.0819. The van der Waals surface area contributed by atoms with Gasteiger partial charge >= 0.3 is 0 Å². The van der Waals surface area contributed by atoms with E-state index in [0.29, 0.717) is 31.5 Å². The Balaban J connectivity index is 1.33. The maximum atomic E-state index is 10.0. The molecule has 0 radical (unpaired) electrons. The average Bonchev–Trinajstić information content (AvgIpc) is 3.43. The predicted molar refractivity (Wildman–Crippen MR) is 113 cm³/mol. The quantitative estimate of drug-likeness (QED) is 0.490. The molecular formula is C24H42O6. The van der Waals surface area contributed by atoms with Gasteiger partial charge in [0.15, 0.2) is 18.4 Å². The zero-order valence-corrected chi connectivity index (χ0v) is 18.8. The van der Waals surface area contributed by atoms with Crippen LogP contribution in [0.5, 0.6) is 0 Å². The summed E-state index contributed by atoms with van der Waals surface area (Å²) in [5, 5.41) is 10.0. The van der Waals surface area contributed by atoms with Crippen molar-refractivity contribution in [2.24, 2.45) is 11.8 Å². The lowest BCUT2D eigenvalue weighted by molar-refractivity contribution is -0.204. The summed E-state index contributed by atoms with van der Waals surface area (Å²) >= 11 is 0. The standard InChI is InChI=1S/C24H42O6/c1-2-3-4-5-7-11-24(27-14-15-28-24)12-10-18-19-16-22(25)29-21(19)17-20(18)30-23-9-6-8-13-26-23/h18-23,25H,2-17H2,1H3/t18-,19-,20-,21+,22?,23?/m1/s1. The Kier molecular flexibility index (Phi) is 8.46. The minimum atomic E-state index is -0.624. The Bertz CT molecular complexity index is 502. The van der Waals surface area contributed by atoms with Crippen LogP contribution in [0.1, 0.15) is 90.4 Å². The molecule has 1 N–H and O–H groups in total. The number of rotatable bonds is 11. The predicted octanol–water partition coefficient (Wildman–Crippen LogP) is 4.53. The van der Waals surface area contributed by atoms with Gasteiger partial charge in [0.2, 0.25) is 0 Å². The zero-order valence-electron chi connectivity index (χ0n) is 18.8. The third kappa shape index (κ3) is 5.76. The van der Waals surface area contributed by atoms with Crippen LogP contribution in [0.15, 0.2) is 0 Å². The number of fused-ring (bicyclic) bond motifs is 1. The first-order chi connectivity index (χ1) is 14.7. The number of hydrogen-bond donors (Lipinski definition) is 1. The van der Waals surface area contributed by atoms with E-state index in [2.05, 4.69) is 6.92 Å². The molecule has 30 heavy (non-hydrogen) atoms. The van der Waals surface area contributed by atoms with Crippen LogP contribution in [-0.2, 0) is 23.7 Å². The molecule has 0 aromatic carbocycles. The van der Waals surface area contributed by atoms with Gasteiger partial charge in [-0.1, -0.05) is 32.6 Å². The molecule has 4 fully saturated rings. The van der Waals surface area contributed by atoms with Crippen molar-refractivity contribution in [1.82, 2.24) is 0 Å². The van der Waals surface area contributed by atoms with Gasteiger partial charge in [-0.25, -0.2) is 0 Å². The number of hydrogen-bond acceptors (Lipinski definition) is 6. The lowest BCUT2D eigenvalue weighted by atomic mass is 9.85. The van der Waals surface area contributed by atoms with Gasteiger partial charge in [0, 0.05) is 32.3 Å². The van der Waals surface area contributed by atoms with Gasteiger partial charge in [0.1, 0.15) is 0 Å². The van der Waals surface area contributed by atoms with Crippen molar-refractivity contribution in [3.63, 3.8) is 0 Å². The van der Waals surface area contributed by atoms with E-state index in [1.54, 1.807) is 0 Å². The van der Waals surface area contributed by atoms with Crippen molar-refractivity contribution in [2.75, 3.05) is 19.8 Å². The zero-order chi connectivity index (χ0) is 20.8.